The molecule has 1 heterocycles. The van der Waals surface area contributed by atoms with E-state index in [0.29, 0.717) is 5.75 Å². The van der Waals surface area contributed by atoms with Gasteiger partial charge in [0.05, 0.1) is 39.0 Å². The second-order valence-corrected chi connectivity index (χ2v) is 10.0. The van der Waals surface area contributed by atoms with Gasteiger partial charge in [-0.2, -0.15) is 0 Å². The van der Waals surface area contributed by atoms with Gasteiger partial charge in [-0.05, 0) is 35.9 Å². The summed E-state index contributed by atoms with van der Waals surface area (Å²) in [7, 11) is -4.40. The highest BCUT2D eigenvalue weighted by atomic mass is 32.2. The summed E-state index contributed by atoms with van der Waals surface area (Å²) in [4.78, 5) is 17.3. The Bertz CT molecular complexity index is 1450. The standard InChI is InChI=1S/C21H17N3O6S2/c1-30-15-7-5-6-14(12-15)13-31(27)21-22-17-10-11-18(24(25)26)20(19(17)23-21)32(28,29)16-8-3-2-4-9-16/h2-12H,13H2,1H3,(H,22,23). The number of aromatic nitrogens is 2. The van der Waals surface area contributed by atoms with Crippen LogP contribution in [0.1, 0.15) is 5.56 Å². The predicted molar refractivity (Wildman–Crippen MR) is 118 cm³/mol. The average Bonchev–Trinajstić information content (AvgIpc) is 3.23. The number of nitro groups is 1. The molecule has 0 saturated carbocycles. The van der Waals surface area contributed by atoms with Gasteiger partial charge in [0.25, 0.3) is 5.69 Å². The Morgan fingerprint density at radius 3 is 2.53 bits per heavy atom. The van der Waals surface area contributed by atoms with Gasteiger partial charge < -0.3 is 9.72 Å². The molecule has 3 aromatic carbocycles. The number of hydrogen-bond donors (Lipinski definition) is 1. The number of hydrogen-bond acceptors (Lipinski definition) is 7. The lowest BCUT2D eigenvalue weighted by Gasteiger charge is -2.06. The first-order valence-electron chi connectivity index (χ1n) is 9.30. The summed E-state index contributed by atoms with van der Waals surface area (Å²) in [5.41, 5.74) is 0.236. The third-order valence-electron chi connectivity index (χ3n) is 4.73. The minimum absolute atomic E-state index is 0.0211. The van der Waals surface area contributed by atoms with Gasteiger partial charge in [0, 0.05) is 6.07 Å². The van der Waals surface area contributed by atoms with Gasteiger partial charge in [0.1, 0.15) is 11.3 Å². The summed E-state index contributed by atoms with van der Waals surface area (Å²) in [6, 6.07) is 16.9. The molecular weight excluding hydrogens is 454 g/mol. The number of ether oxygens (including phenoxy) is 1. The van der Waals surface area contributed by atoms with E-state index < -0.39 is 36.1 Å². The third kappa shape index (κ3) is 3.99. The van der Waals surface area contributed by atoms with Gasteiger partial charge >= 0.3 is 0 Å². The highest BCUT2D eigenvalue weighted by Gasteiger charge is 2.32. The molecule has 0 amide bonds. The van der Waals surface area contributed by atoms with Crippen LogP contribution in [0.5, 0.6) is 5.75 Å². The maximum atomic E-state index is 13.3. The maximum Gasteiger partial charge on any atom is 0.290 e. The van der Waals surface area contributed by atoms with Crippen molar-refractivity contribution in [1.29, 1.82) is 0 Å². The van der Waals surface area contributed by atoms with Gasteiger partial charge in [-0.25, -0.2) is 13.4 Å². The molecule has 0 aliphatic rings. The Morgan fingerprint density at radius 2 is 1.84 bits per heavy atom. The summed E-state index contributed by atoms with van der Waals surface area (Å²) in [6.45, 7) is 0. The number of nitrogens with zero attached hydrogens (tertiary/aromatic N) is 2. The minimum atomic E-state index is -4.26. The molecule has 1 N–H and O–H groups in total. The summed E-state index contributed by atoms with van der Waals surface area (Å²) in [5.74, 6) is 0.704. The van der Waals surface area contributed by atoms with E-state index >= 15 is 0 Å². The van der Waals surface area contributed by atoms with E-state index in [9.17, 15) is 22.7 Å². The van der Waals surface area contributed by atoms with Crippen molar-refractivity contribution in [3.8, 4) is 5.75 Å². The molecule has 164 valence electrons. The number of nitrogens with one attached hydrogen (secondary N) is 1. The minimum Gasteiger partial charge on any atom is -0.497 e. The van der Waals surface area contributed by atoms with Crippen molar-refractivity contribution in [2.45, 2.75) is 20.7 Å². The number of nitro benzene ring substituents is 1. The van der Waals surface area contributed by atoms with Crippen LogP contribution in [-0.2, 0) is 26.4 Å². The van der Waals surface area contributed by atoms with E-state index in [1.807, 2.05) is 0 Å². The first-order chi connectivity index (χ1) is 15.3. The SMILES string of the molecule is COc1cccc(CS(=O)c2nc3c(S(=O)(=O)c4ccccc4)c([N+](=O)[O-])ccc3[nH]2)c1. The fourth-order valence-electron chi connectivity index (χ4n) is 3.23. The van der Waals surface area contributed by atoms with E-state index in [1.54, 1.807) is 30.3 Å². The number of fused-ring (bicyclic) bond motifs is 1. The topological polar surface area (TPSA) is 132 Å². The number of methoxy groups -OCH3 is 1. The van der Waals surface area contributed by atoms with Gasteiger partial charge in [-0.15, -0.1) is 0 Å². The molecule has 1 atom stereocenters. The second kappa shape index (κ2) is 8.52. The molecule has 0 saturated heterocycles. The normalized spacial score (nSPS) is 12.5. The summed E-state index contributed by atoms with van der Waals surface area (Å²) in [5, 5.41) is 11.6. The number of sulfone groups is 1. The Balaban J connectivity index is 1.83. The van der Waals surface area contributed by atoms with Crippen molar-refractivity contribution in [1.82, 2.24) is 9.97 Å². The zero-order chi connectivity index (χ0) is 22.9. The van der Waals surface area contributed by atoms with Crippen molar-refractivity contribution < 1.29 is 22.3 Å². The van der Waals surface area contributed by atoms with Crippen molar-refractivity contribution in [2.75, 3.05) is 7.11 Å². The third-order valence-corrected chi connectivity index (χ3v) is 7.79. The number of benzene rings is 3. The van der Waals surface area contributed by atoms with Crippen molar-refractivity contribution in [2.24, 2.45) is 0 Å². The first-order valence-corrected chi connectivity index (χ1v) is 12.1. The van der Waals surface area contributed by atoms with Crippen LogP contribution < -0.4 is 4.74 Å². The van der Waals surface area contributed by atoms with E-state index in [0.717, 1.165) is 11.6 Å². The lowest BCUT2D eigenvalue weighted by molar-refractivity contribution is -0.387. The monoisotopic (exact) mass is 471 g/mol. The van der Waals surface area contributed by atoms with Crippen LogP contribution in [0.25, 0.3) is 11.0 Å². The van der Waals surface area contributed by atoms with Gasteiger partial charge in [-0.3, -0.25) is 14.3 Å². The molecular formula is C21H17N3O6S2. The van der Waals surface area contributed by atoms with E-state index in [2.05, 4.69) is 9.97 Å². The Labute approximate surface area is 185 Å². The molecule has 0 spiro atoms. The fourth-order valence-corrected chi connectivity index (χ4v) is 5.85. The Hall–Kier alpha value is -3.57. The van der Waals surface area contributed by atoms with Gasteiger partial charge in [0.15, 0.2) is 10.1 Å². The Morgan fingerprint density at radius 1 is 1.09 bits per heavy atom. The van der Waals surface area contributed by atoms with Crippen molar-refractivity contribution in [3.63, 3.8) is 0 Å². The lowest BCUT2D eigenvalue weighted by Crippen LogP contribution is -2.07. The van der Waals surface area contributed by atoms with Crippen LogP contribution in [-0.4, -0.2) is 34.6 Å². The molecule has 11 heteroatoms. The van der Waals surface area contributed by atoms with E-state index in [-0.39, 0.29) is 26.8 Å². The van der Waals surface area contributed by atoms with E-state index in [4.69, 9.17) is 4.74 Å². The molecule has 4 rings (SSSR count). The second-order valence-electron chi connectivity index (χ2n) is 6.77. The zero-order valence-corrected chi connectivity index (χ0v) is 18.4. The van der Waals surface area contributed by atoms with Crippen molar-refractivity contribution in [3.05, 3.63) is 82.4 Å². The molecule has 0 aliphatic carbocycles. The maximum absolute atomic E-state index is 13.3. The highest BCUT2D eigenvalue weighted by Crippen LogP contribution is 2.35. The average molecular weight is 472 g/mol. The molecule has 9 nitrogen and oxygen atoms in total. The quantitative estimate of drug-likeness (QED) is 0.321. The molecule has 0 radical (unpaired) electrons. The number of aromatic amines is 1. The largest absolute Gasteiger partial charge is 0.497 e. The number of H-pyrrole nitrogens is 1. The highest BCUT2D eigenvalue weighted by molar-refractivity contribution is 7.92. The summed E-state index contributed by atoms with van der Waals surface area (Å²) >= 11 is 0. The van der Waals surface area contributed by atoms with Crippen LogP contribution in [0, 0.1) is 10.1 Å². The number of imidazole rings is 1. The van der Waals surface area contributed by atoms with Gasteiger partial charge in [-0.1, -0.05) is 30.3 Å². The fraction of sp³-hybridized carbons (Fsp3) is 0.0952. The molecule has 0 bridgehead atoms. The number of rotatable bonds is 7. The van der Waals surface area contributed by atoms with Crippen LogP contribution in [0.15, 0.2) is 81.7 Å². The molecule has 1 unspecified atom stereocenters. The molecule has 0 fully saturated rings. The molecule has 1 aromatic heterocycles. The first kappa shape index (κ1) is 21.7. The molecule has 4 aromatic rings. The summed E-state index contributed by atoms with van der Waals surface area (Å²) < 4.78 is 44.6. The smallest absolute Gasteiger partial charge is 0.290 e. The van der Waals surface area contributed by atoms with Crippen LogP contribution >= 0.6 is 0 Å². The van der Waals surface area contributed by atoms with Crippen LogP contribution in [0.2, 0.25) is 0 Å². The molecule has 32 heavy (non-hydrogen) atoms. The van der Waals surface area contributed by atoms with Crippen LogP contribution in [0.3, 0.4) is 0 Å². The molecule has 0 aliphatic heterocycles. The summed E-state index contributed by atoms with van der Waals surface area (Å²) in [6.07, 6.45) is 0. The van der Waals surface area contributed by atoms with Crippen molar-refractivity contribution >= 4 is 37.4 Å². The van der Waals surface area contributed by atoms with E-state index in [1.165, 1.54) is 37.4 Å². The predicted octanol–water partition coefficient (Wildman–Crippen LogP) is 3.62. The van der Waals surface area contributed by atoms with Crippen LogP contribution in [0.4, 0.5) is 5.69 Å². The Kier molecular flexibility index (Phi) is 5.76. The zero-order valence-electron chi connectivity index (χ0n) is 16.7. The lowest BCUT2D eigenvalue weighted by atomic mass is 10.2. The van der Waals surface area contributed by atoms with Gasteiger partial charge in [0.2, 0.25) is 9.84 Å².